The molecule has 2 nitrogen and oxygen atoms in total. The van der Waals surface area contributed by atoms with Crippen molar-refractivity contribution in [2.75, 3.05) is 0 Å². The summed E-state index contributed by atoms with van der Waals surface area (Å²) in [5.74, 6) is -0.405. The Balaban J connectivity index is 2.39. The Morgan fingerprint density at radius 1 is 0.955 bits per heavy atom. The van der Waals surface area contributed by atoms with Gasteiger partial charge < -0.3 is 5.11 Å². The van der Waals surface area contributed by atoms with Crippen molar-refractivity contribution in [1.82, 2.24) is 0 Å². The number of aldehydes is 1. The SMILES string of the molecule is O=C/C=C/c1c(-c2ccccc2)cc(O)c2cc(F)ccc12. The van der Waals surface area contributed by atoms with Crippen molar-refractivity contribution in [3.63, 3.8) is 0 Å². The molecule has 108 valence electrons. The number of halogens is 1. The van der Waals surface area contributed by atoms with Crippen LogP contribution < -0.4 is 0 Å². The molecule has 0 aliphatic rings. The molecule has 3 aromatic carbocycles. The second kappa shape index (κ2) is 5.82. The number of hydrogen-bond acceptors (Lipinski definition) is 2. The summed E-state index contributed by atoms with van der Waals surface area (Å²) in [4.78, 5) is 10.7. The number of phenolic OH excluding ortho intramolecular Hbond substituents is 1. The second-order valence-corrected chi connectivity index (χ2v) is 4.91. The lowest BCUT2D eigenvalue weighted by Crippen LogP contribution is -1.88. The van der Waals surface area contributed by atoms with Crippen LogP contribution in [0.25, 0.3) is 28.0 Å². The second-order valence-electron chi connectivity index (χ2n) is 4.91. The first-order valence-corrected chi connectivity index (χ1v) is 6.83. The first kappa shape index (κ1) is 14.0. The Morgan fingerprint density at radius 2 is 1.73 bits per heavy atom. The van der Waals surface area contributed by atoms with Gasteiger partial charge in [0.15, 0.2) is 0 Å². The molecular weight excluding hydrogens is 279 g/mol. The monoisotopic (exact) mass is 292 g/mol. The van der Waals surface area contributed by atoms with Gasteiger partial charge in [-0.25, -0.2) is 4.39 Å². The van der Waals surface area contributed by atoms with Crippen molar-refractivity contribution in [2.45, 2.75) is 0 Å². The Labute approximate surface area is 127 Å². The summed E-state index contributed by atoms with van der Waals surface area (Å²) in [5.41, 5.74) is 2.47. The van der Waals surface area contributed by atoms with E-state index in [1.807, 2.05) is 30.3 Å². The molecule has 0 aliphatic heterocycles. The molecule has 0 heterocycles. The molecule has 3 rings (SSSR count). The highest BCUT2D eigenvalue weighted by Crippen LogP contribution is 2.37. The normalized spacial score (nSPS) is 11.1. The zero-order valence-electron chi connectivity index (χ0n) is 11.7. The maximum atomic E-state index is 13.4. The Kier molecular flexibility index (Phi) is 3.71. The lowest BCUT2D eigenvalue weighted by molar-refractivity contribution is -0.104. The van der Waals surface area contributed by atoms with Gasteiger partial charge in [-0.05, 0) is 46.4 Å². The van der Waals surface area contributed by atoms with E-state index in [4.69, 9.17) is 0 Å². The molecule has 0 radical (unpaired) electrons. The molecule has 0 bridgehead atoms. The fourth-order valence-electron chi connectivity index (χ4n) is 2.57. The molecule has 3 heteroatoms. The molecule has 0 saturated heterocycles. The van der Waals surface area contributed by atoms with E-state index < -0.39 is 5.82 Å². The van der Waals surface area contributed by atoms with Crippen molar-refractivity contribution in [3.8, 4) is 16.9 Å². The van der Waals surface area contributed by atoms with Gasteiger partial charge in [0.2, 0.25) is 0 Å². The number of allylic oxidation sites excluding steroid dienone is 1. The Hall–Kier alpha value is -2.94. The average molecular weight is 292 g/mol. The van der Waals surface area contributed by atoms with Gasteiger partial charge in [0.25, 0.3) is 0 Å². The van der Waals surface area contributed by atoms with Crippen molar-refractivity contribution >= 4 is 23.1 Å². The van der Waals surface area contributed by atoms with E-state index in [2.05, 4.69) is 0 Å². The predicted molar refractivity (Wildman–Crippen MR) is 86.1 cm³/mol. The number of aromatic hydroxyl groups is 1. The molecule has 1 N–H and O–H groups in total. The van der Waals surface area contributed by atoms with Crippen LogP contribution in [-0.2, 0) is 4.79 Å². The van der Waals surface area contributed by atoms with Gasteiger partial charge >= 0.3 is 0 Å². The van der Waals surface area contributed by atoms with E-state index in [0.29, 0.717) is 17.1 Å². The molecule has 0 saturated carbocycles. The molecule has 0 aromatic heterocycles. The van der Waals surface area contributed by atoms with Crippen LogP contribution in [0, 0.1) is 5.82 Å². The first-order valence-electron chi connectivity index (χ1n) is 6.83. The number of fused-ring (bicyclic) bond motifs is 1. The maximum absolute atomic E-state index is 13.4. The zero-order valence-corrected chi connectivity index (χ0v) is 11.7. The van der Waals surface area contributed by atoms with Crippen LogP contribution in [0.15, 0.2) is 60.7 Å². The summed E-state index contributed by atoms with van der Waals surface area (Å²) in [6.45, 7) is 0. The lowest BCUT2D eigenvalue weighted by Gasteiger charge is -2.12. The molecule has 0 amide bonds. The van der Waals surface area contributed by atoms with Crippen molar-refractivity contribution in [2.24, 2.45) is 0 Å². The van der Waals surface area contributed by atoms with E-state index in [1.54, 1.807) is 18.2 Å². The average Bonchev–Trinajstić information content (AvgIpc) is 2.55. The van der Waals surface area contributed by atoms with E-state index in [0.717, 1.165) is 16.7 Å². The quantitative estimate of drug-likeness (QED) is 0.567. The van der Waals surface area contributed by atoms with Gasteiger partial charge in [-0.2, -0.15) is 0 Å². The third kappa shape index (κ3) is 2.49. The number of phenols is 1. The van der Waals surface area contributed by atoms with Crippen LogP contribution in [0.1, 0.15) is 5.56 Å². The minimum atomic E-state index is -0.416. The summed E-state index contributed by atoms with van der Waals surface area (Å²) >= 11 is 0. The molecule has 0 unspecified atom stereocenters. The zero-order chi connectivity index (χ0) is 15.5. The van der Waals surface area contributed by atoms with Crippen molar-refractivity contribution in [3.05, 3.63) is 72.1 Å². The van der Waals surface area contributed by atoms with Crippen LogP contribution in [0.3, 0.4) is 0 Å². The highest BCUT2D eigenvalue weighted by atomic mass is 19.1. The number of carbonyl (C=O) groups is 1. The van der Waals surface area contributed by atoms with Gasteiger partial charge in [0.05, 0.1) is 0 Å². The van der Waals surface area contributed by atoms with Crippen LogP contribution in [0.5, 0.6) is 5.75 Å². The largest absolute Gasteiger partial charge is 0.507 e. The Morgan fingerprint density at radius 3 is 2.45 bits per heavy atom. The standard InChI is InChI=1S/C19H13FO2/c20-14-8-9-16-15(7-4-10-21)17(12-19(22)18(16)11-14)13-5-2-1-3-6-13/h1-12,22H/b7-4+. The van der Waals surface area contributed by atoms with Crippen LogP contribution in [-0.4, -0.2) is 11.4 Å². The predicted octanol–water partition coefficient (Wildman–Crippen LogP) is 4.56. The van der Waals surface area contributed by atoms with Gasteiger partial charge in [0.1, 0.15) is 17.9 Å². The third-order valence-corrected chi connectivity index (χ3v) is 3.55. The smallest absolute Gasteiger partial charge is 0.142 e. The van der Waals surface area contributed by atoms with E-state index in [1.165, 1.54) is 18.2 Å². The fraction of sp³-hybridized carbons (Fsp3) is 0. The van der Waals surface area contributed by atoms with E-state index in [9.17, 15) is 14.3 Å². The number of carbonyl (C=O) groups excluding carboxylic acids is 1. The summed E-state index contributed by atoms with van der Waals surface area (Å²) in [6, 6.07) is 15.4. The topological polar surface area (TPSA) is 37.3 Å². The van der Waals surface area contributed by atoms with Gasteiger partial charge in [-0.1, -0.05) is 42.5 Å². The van der Waals surface area contributed by atoms with Crippen LogP contribution in [0.2, 0.25) is 0 Å². The Bertz CT molecular complexity index is 867. The summed E-state index contributed by atoms with van der Waals surface area (Å²) in [7, 11) is 0. The lowest BCUT2D eigenvalue weighted by atomic mass is 9.93. The minimum absolute atomic E-state index is 0.0107. The summed E-state index contributed by atoms with van der Waals surface area (Å²) < 4.78 is 13.4. The molecular formula is C19H13FO2. The first-order chi connectivity index (χ1) is 10.7. The van der Waals surface area contributed by atoms with Crippen LogP contribution >= 0.6 is 0 Å². The fourth-order valence-corrected chi connectivity index (χ4v) is 2.57. The van der Waals surface area contributed by atoms with Crippen molar-refractivity contribution in [1.29, 1.82) is 0 Å². The molecule has 0 atom stereocenters. The van der Waals surface area contributed by atoms with Gasteiger partial charge in [-0.3, -0.25) is 4.79 Å². The van der Waals surface area contributed by atoms with Gasteiger partial charge in [0, 0.05) is 5.39 Å². The highest BCUT2D eigenvalue weighted by molar-refractivity contribution is 6.01. The number of hydrogen-bond donors (Lipinski definition) is 1. The van der Waals surface area contributed by atoms with Crippen molar-refractivity contribution < 1.29 is 14.3 Å². The molecule has 0 spiro atoms. The third-order valence-electron chi connectivity index (χ3n) is 3.55. The molecule has 3 aromatic rings. The summed E-state index contributed by atoms with van der Waals surface area (Å²) in [6.07, 6.45) is 3.76. The minimum Gasteiger partial charge on any atom is -0.507 e. The summed E-state index contributed by atoms with van der Waals surface area (Å²) in [5, 5.41) is 11.3. The number of rotatable bonds is 3. The molecule has 0 fully saturated rings. The van der Waals surface area contributed by atoms with Gasteiger partial charge in [-0.15, -0.1) is 0 Å². The maximum Gasteiger partial charge on any atom is 0.142 e. The molecule has 0 aliphatic carbocycles. The highest BCUT2D eigenvalue weighted by Gasteiger charge is 2.12. The molecule has 22 heavy (non-hydrogen) atoms. The van der Waals surface area contributed by atoms with Crippen LogP contribution in [0.4, 0.5) is 4.39 Å². The van der Waals surface area contributed by atoms with E-state index in [-0.39, 0.29) is 5.75 Å². The number of benzene rings is 3. The van der Waals surface area contributed by atoms with E-state index >= 15 is 0 Å².